The molecule has 0 aliphatic heterocycles. The smallest absolute Gasteiger partial charge is 0.239 e. The summed E-state index contributed by atoms with van der Waals surface area (Å²) < 4.78 is 0. The van der Waals surface area contributed by atoms with Crippen LogP contribution in [0.2, 0.25) is 0 Å². The fraction of sp³-hybridized carbons (Fsp3) is 0.400. The molecule has 1 unspecified atom stereocenters. The molecule has 0 aliphatic rings. The van der Waals surface area contributed by atoms with Gasteiger partial charge in [0.2, 0.25) is 5.91 Å². The molecule has 0 aromatic heterocycles. The van der Waals surface area contributed by atoms with Crippen LogP contribution in [0.1, 0.15) is 19.4 Å². The maximum absolute atomic E-state index is 11.8. The molecule has 1 rings (SSSR count). The van der Waals surface area contributed by atoms with Crippen LogP contribution in [0.3, 0.4) is 0 Å². The Morgan fingerprint density at radius 1 is 1.39 bits per heavy atom. The predicted molar refractivity (Wildman–Crippen MR) is 76.3 cm³/mol. The lowest BCUT2D eigenvalue weighted by Crippen LogP contribution is -2.43. The molecule has 18 heavy (non-hydrogen) atoms. The first kappa shape index (κ1) is 14.5. The number of carbonyl (C=O) groups excluding carboxylic acids is 1. The monoisotopic (exact) mass is 246 g/mol. The Morgan fingerprint density at radius 3 is 2.67 bits per heavy atom. The van der Waals surface area contributed by atoms with Gasteiger partial charge in [-0.2, -0.15) is 0 Å². The topological polar surface area (TPSA) is 32.3 Å². The summed E-state index contributed by atoms with van der Waals surface area (Å²) in [6.07, 6.45) is 4.08. The zero-order valence-corrected chi connectivity index (χ0v) is 11.4. The highest BCUT2D eigenvalue weighted by molar-refractivity contribution is 5.81. The van der Waals surface area contributed by atoms with Crippen molar-refractivity contribution in [1.29, 1.82) is 0 Å². The summed E-state index contributed by atoms with van der Waals surface area (Å²) >= 11 is 0. The maximum Gasteiger partial charge on any atom is 0.239 e. The second kappa shape index (κ2) is 7.67. The third-order valence-electron chi connectivity index (χ3n) is 2.87. The molecule has 0 bridgehead atoms. The molecule has 3 heteroatoms. The Kier molecular flexibility index (Phi) is 6.15. The third kappa shape index (κ3) is 4.72. The fourth-order valence-electron chi connectivity index (χ4n) is 1.58. The molecule has 0 heterocycles. The highest BCUT2D eigenvalue weighted by Crippen LogP contribution is 2.00. The number of amides is 1. The first-order valence-corrected chi connectivity index (χ1v) is 6.35. The summed E-state index contributed by atoms with van der Waals surface area (Å²) in [5.41, 5.74) is 1.17. The Labute approximate surface area is 109 Å². The Morgan fingerprint density at radius 2 is 2.06 bits per heavy atom. The third-order valence-corrected chi connectivity index (χ3v) is 2.87. The Hall–Kier alpha value is -1.61. The van der Waals surface area contributed by atoms with Crippen molar-refractivity contribution in [3.63, 3.8) is 0 Å². The van der Waals surface area contributed by atoms with E-state index in [1.807, 2.05) is 51.2 Å². The largest absolute Gasteiger partial charge is 0.345 e. The van der Waals surface area contributed by atoms with Crippen LogP contribution in [0.15, 0.2) is 36.4 Å². The van der Waals surface area contributed by atoms with E-state index in [9.17, 15) is 4.79 Å². The first-order chi connectivity index (χ1) is 8.65. The van der Waals surface area contributed by atoms with Crippen molar-refractivity contribution < 1.29 is 4.79 Å². The van der Waals surface area contributed by atoms with Crippen molar-refractivity contribution in [1.82, 2.24) is 10.2 Å². The number of nitrogens with one attached hydrogen (secondary N) is 1. The lowest BCUT2D eigenvalue weighted by Gasteiger charge is -2.19. The average Bonchev–Trinajstić information content (AvgIpc) is 2.42. The van der Waals surface area contributed by atoms with Crippen molar-refractivity contribution in [2.24, 2.45) is 0 Å². The quantitative estimate of drug-likeness (QED) is 0.834. The van der Waals surface area contributed by atoms with E-state index < -0.39 is 0 Å². The van der Waals surface area contributed by atoms with Gasteiger partial charge in [-0.1, -0.05) is 42.5 Å². The minimum Gasteiger partial charge on any atom is -0.345 e. The van der Waals surface area contributed by atoms with Crippen LogP contribution in [-0.2, 0) is 4.79 Å². The molecule has 98 valence electrons. The summed E-state index contributed by atoms with van der Waals surface area (Å²) in [6, 6.07) is 9.98. The molecule has 3 nitrogen and oxygen atoms in total. The van der Waals surface area contributed by atoms with Gasteiger partial charge in [0.25, 0.3) is 0 Å². The molecule has 0 aliphatic carbocycles. The Bertz CT molecular complexity index is 387. The zero-order valence-electron chi connectivity index (χ0n) is 11.4. The van der Waals surface area contributed by atoms with Crippen molar-refractivity contribution >= 4 is 12.0 Å². The molecule has 1 amide bonds. The molecule has 1 aromatic rings. The molecule has 1 aromatic carbocycles. The summed E-state index contributed by atoms with van der Waals surface area (Å²) in [5.74, 6) is 0.130. The van der Waals surface area contributed by atoms with Gasteiger partial charge in [0, 0.05) is 20.1 Å². The number of nitrogens with zero attached hydrogens (tertiary/aromatic N) is 1. The normalized spacial score (nSPS) is 12.6. The summed E-state index contributed by atoms with van der Waals surface area (Å²) in [7, 11) is 1.82. The second-order valence-corrected chi connectivity index (χ2v) is 4.30. The van der Waals surface area contributed by atoms with E-state index >= 15 is 0 Å². The molecule has 1 atom stereocenters. The zero-order chi connectivity index (χ0) is 13.4. The van der Waals surface area contributed by atoms with Gasteiger partial charge >= 0.3 is 0 Å². The second-order valence-electron chi connectivity index (χ2n) is 4.30. The maximum atomic E-state index is 11.8. The SMILES string of the molecule is CCN(C)C(=O)C(C)NC/C=C/c1ccccc1. The summed E-state index contributed by atoms with van der Waals surface area (Å²) in [5, 5.41) is 3.19. The fourth-order valence-corrected chi connectivity index (χ4v) is 1.58. The van der Waals surface area contributed by atoms with E-state index in [1.54, 1.807) is 4.90 Å². The van der Waals surface area contributed by atoms with Gasteiger partial charge < -0.3 is 10.2 Å². The van der Waals surface area contributed by atoms with Crippen LogP contribution in [-0.4, -0.2) is 37.0 Å². The minimum atomic E-state index is -0.143. The lowest BCUT2D eigenvalue weighted by atomic mass is 10.2. The Balaban J connectivity index is 2.33. The summed E-state index contributed by atoms with van der Waals surface area (Å²) in [6.45, 7) is 5.30. The van der Waals surface area contributed by atoms with Crippen LogP contribution in [0.25, 0.3) is 6.08 Å². The van der Waals surface area contributed by atoms with E-state index in [1.165, 1.54) is 5.56 Å². The number of hydrogen-bond acceptors (Lipinski definition) is 2. The standard InChI is InChI=1S/C15H22N2O/c1-4-17(3)15(18)13(2)16-12-8-11-14-9-6-5-7-10-14/h5-11,13,16H,4,12H2,1-3H3/b11-8+. The van der Waals surface area contributed by atoms with Gasteiger partial charge in [0.15, 0.2) is 0 Å². The van der Waals surface area contributed by atoms with Crippen LogP contribution in [0.5, 0.6) is 0 Å². The first-order valence-electron chi connectivity index (χ1n) is 6.35. The van der Waals surface area contributed by atoms with E-state index in [2.05, 4.69) is 17.4 Å². The van der Waals surface area contributed by atoms with Crippen molar-refractivity contribution in [2.45, 2.75) is 19.9 Å². The number of likely N-dealkylation sites (N-methyl/N-ethyl adjacent to an activating group) is 1. The molecule has 0 spiro atoms. The number of rotatable bonds is 6. The molecule has 0 radical (unpaired) electrons. The van der Waals surface area contributed by atoms with E-state index in [-0.39, 0.29) is 11.9 Å². The highest BCUT2D eigenvalue weighted by Gasteiger charge is 2.14. The highest BCUT2D eigenvalue weighted by atomic mass is 16.2. The van der Waals surface area contributed by atoms with Gasteiger partial charge in [0.1, 0.15) is 0 Å². The number of benzene rings is 1. The van der Waals surface area contributed by atoms with Crippen molar-refractivity contribution in [3.05, 3.63) is 42.0 Å². The number of carbonyl (C=O) groups is 1. The van der Waals surface area contributed by atoms with E-state index in [0.29, 0.717) is 6.54 Å². The van der Waals surface area contributed by atoms with Gasteiger partial charge in [-0.3, -0.25) is 4.79 Å². The molecule has 1 N–H and O–H groups in total. The van der Waals surface area contributed by atoms with Gasteiger partial charge in [0.05, 0.1) is 6.04 Å². The van der Waals surface area contributed by atoms with Gasteiger partial charge in [-0.15, -0.1) is 0 Å². The van der Waals surface area contributed by atoms with Crippen molar-refractivity contribution in [3.8, 4) is 0 Å². The molecule has 0 fully saturated rings. The van der Waals surface area contributed by atoms with Crippen molar-refractivity contribution in [2.75, 3.05) is 20.1 Å². The lowest BCUT2D eigenvalue weighted by molar-refractivity contribution is -0.131. The van der Waals surface area contributed by atoms with E-state index in [0.717, 1.165) is 6.54 Å². The number of hydrogen-bond donors (Lipinski definition) is 1. The average molecular weight is 246 g/mol. The molecule has 0 saturated carbocycles. The van der Waals surface area contributed by atoms with Crippen LogP contribution in [0, 0.1) is 0 Å². The molecular weight excluding hydrogens is 224 g/mol. The van der Waals surface area contributed by atoms with Crippen LogP contribution < -0.4 is 5.32 Å². The van der Waals surface area contributed by atoms with Gasteiger partial charge in [-0.05, 0) is 19.4 Å². The van der Waals surface area contributed by atoms with E-state index in [4.69, 9.17) is 0 Å². The van der Waals surface area contributed by atoms with Gasteiger partial charge in [-0.25, -0.2) is 0 Å². The predicted octanol–water partition coefficient (Wildman–Crippen LogP) is 2.16. The van der Waals surface area contributed by atoms with Crippen LogP contribution >= 0.6 is 0 Å². The van der Waals surface area contributed by atoms with Crippen LogP contribution in [0.4, 0.5) is 0 Å². The molecular formula is C15H22N2O. The minimum absolute atomic E-state index is 0.130. The summed E-state index contributed by atoms with van der Waals surface area (Å²) in [4.78, 5) is 13.5. The molecule has 0 saturated heterocycles.